The van der Waals surface area contributed by atoms with Gasteiger partial charge in [-0.05, 0) is 38.0 Å². The molecule has 0 saturated carbocycles. The van der Waals surface area contributed by atoms with Crippen molar-refractivity contribution < 1.29 is 29.4 Å². The van der Waals surface area contributed by atoms with Crippen LogP contribution in [0.3, 0.4) is 0 Å². The van der Waals surface area contributed by atoms with Crippen molar-refractivity contribution in [1.29, 1.82) is 0 Å². The number of carbonyl (C=O) groups is 4. The Morgan fingerprint density at radius 3 is 2.70 bits per heavy atom. The summed E-state index contributed by atoms with van der Waals surface area (Å²) in [5, 5.41) is 20.8. The van der Waals surface area contributed by atoms with Gasteiger partial charge >= 0.3 is 11.9 Å². The molecule has 1 aromatic heterocycles. The molecule has 33 heavy (non-hydrogen) atoms. The normalized spacial score (nSPS) is 15.9. The molecule has 0 bridgehead atoms. The summed E-state index contributed by atoms with van der Waals surface area (Å²) in [6.07, 6.45) is 5.12. The van der Waals surface area contributed by atoms with Crippen LogP contribution in [0.4, 0.5) is 0 Å². The lowest BCUT2D eigenvalue weighted by molar-refractivity contribution is -0.141. The van der Waals surface area contributed by atoms with Gasteiger partial charge in [-0.3, -0.25) is 14.4 Å². The van der Waals surface area contributed by atoms with Gasteiger partial charge in [-0.25, -0.2) is 9.78 Å². The number of aromatic nitrogens is 2. The lowest BCUT2D eigenvalue weighted by atomic mass is 10.1. The molecule has 1 atom stereocenters. The van der Waals surface area contributed by atoms with Crippen LogP contribution in [0, 0.1) is 0 Å². The van der Waals surface area contributed by atoms with E-state index in [1.807, 2.05) is 23.6 Å². The fraction of sp³-hybridized carbons (Fsp3) is 0.435. The highest BCUT2D eigenvalue weighted by atomic mass is 16.4. The Hall–Kier alpha value is -3.69. The Bertz CT molecular complexity index is 1090. The van der Waals surface area contributed by atoms with Crippen molar-refractivity contribution in [2.24, 2.45) is 0 Å². The van der Waals surface area contributed by atoms with Gasteiger partial charge in [0.15, 0.2) is 0 Å². The summed E-state index contributed by atoms with van der Waals surface area (Å²) in [6.45, 7) is 3.19. The van der Waals surface area contributed by atoms with Gasteiger partial charge in [-0.15, -0.1) is 0 Å². The topological polar surface area (TPSA) is 142 Å². The van der Waals surface area contributed by atoms with Crippen LogP contribution in [0.2, 0.25) is 0 Å². The summed E-state index contributed by atoms with van der Waals surface area (Å²) in [4.78, 5) is 52.9. The molecule has 3 rings (SSSR count). The molecule has 0 aliphatic carbocycles. The molecule has 3 N–H and O–H groups in total. The minimum Gasteiger partial charge on any atom is -0.481 e. The van der Waals surface area contributed by atoms with E-state index in [0.29, 0.717) is 50.0 Å². The smallest absolute Gasteiger partial charge is 0.326 e. The first-order valence-electron chi connectivity index (χ1n) is 10.9. The highest BCUT2D eigenvalue weighted by Crippen LogP contribution is 2.23. The molecule has 1 saturated heterocycles. The summed E-state index contributed by atoms with van der Waals surface area (Å²) in [5.74, 6) is -1.95. The number of nitrogens with zero attached hydrogens (tertiary/aromatic N) is 3. The second kappa shape index (κ2) is 10.8. The van der Waals surface area contributed by atoms with Crippen LogP contribution in [0.25, 0.3) is 11.0 Å². The molecule has 2 amide bonds. The Balaban J connectivity index is 1.79. The van der Waals surface area contributed by atoms with E-state index in [1.54, 1.807) is 18.2 Å². The first kappa shape index (κ1) is 24.0. The molecule has 2 heterocycles. The fourth-order valence-corrected chi connectivity index (χ4v) is 3.97. The maximum atomic E-state index is 13.0. The van der Waals surface area contributed by atoms with Crippen molar-refractivity contribution in [3.05, 3.63) is 41.7 Å². The number of rotatable bonds is 10. The van der Waals surface area contributed by atoms with Crippen LogP contribution in [-0.4, -0.2) is 67.5 Å². The number of hydrogen-bond acceptors (Lipinski definition) is 5. The van der Waals surface area contributed by atoms with E-state index in [-0.39, 0.29) is 24.7 Å². The Labute approximate surface area is 190 Å². The molecule has 1 fully saturated rings. The SMILES string of the molecule is C/C=C/Cn1c(CCNC(=O)CCC(=O)O)nc2cc(C(=O)N3CCCC3C(=O)O)ccc21. The zero-order chi connectivity index (χ0) is 24.0. The number of benzene rings is 1. The summed E-state index contributed by atoms with van der Waals surface area (Å²) in [6, 6.07) is 4.36. The Kier molecular flexibility index (Phi) is 7.81. The molecule has 10 heteroatoms. The number of nitrogens with one attached hydrogen (secondary N) is 1. The van der Waals surface area contributed by atoms with E-state index in [9.17, 15) is 24.3 Å². The number of allylic oxidation sites excluding steroid dienone is 2. The zero-order valence-electron chi connectivity index (χ0n) is 18.5. The Morgan fingerprint density at radius 1 is 1.21 bits per heavy atom. The number of hydrogen-bond donors (Lipinski definition) is 3. The van der Waals surface area contributed by atoms with E-state index in [0.717, 1.165) is 11.3 Å². The molecule has 1 aliphatic heterocycles. The zero-order valence-corrected chi connectivity index (χ0v) is 18.5. The highest BCUT2D eigenvalue weighted by Gasteiger charge is 2.34. The third-order valence-corrected chi connectivity index (χ3v) is 5.63. The number of fused-ring (bicyclic) bond motifs is 1. The molecule has 1 aliphatic rings. The third kappa shape index (κ3) is 5.76. The van der Waals surface area contributed by atoms with Crippen LogP contribution in [0.5, 0.6) is 0 Å². The van der Waals surface area contributed by atoms with Crippen molar-refractivity contribution in [3.8, 4) is 0 Å². The second-order valence-electron chi connectivity index (χ2n) is 7.90. The van der Waals surface area contributed by atoms with Gasteiger partial charge in [0, 0.05) is 38.0 Å². The maximum absolute atomic E-state index is 13.0. The minimum absolute atomic E-state index is 0.0797. The number of carbonyl (C=O) groups excluding carboxylic acids is 2. The number of likely N-dealkylation sites (tertiary alicyclic amines) is 1. The van der Waals surface area contributed by atoms with Crippen LogP contribution in [0.15, 0.2) is 30.4 Å². The number of aliphatic carboxylic acids is 2. The maximum Gasteiger partial charge on any atom is 0.326 e. The molecule has 1 unspecified atom stereocenters. The summed E-state index contributed by atoms with van der Waals surface area (Å²) in [7, 11) is 0. The van der Waals surface area contributed by atoms with Gasteiger partial charge in [0.05, 0.1) is 17.5 Å². The van der Waals surface area contributed by atoms with E-state index in [1.165, 1.54) is 4.90 Å². The number of imidazole rings is 1. The van der Waals surface area contributed by atoms with Crippen LogP contribution in [-0.2, 0) is 27.3 Å². The van der Waals surface area contributed by atoms with Crippen molar-refractivity contribution in [2.45, 2.75) is 51.6 Å². The van der Waals surface area contributed by atoms with Crippen molar-refractivity contribution in [2.75, 3.05) is 13.1 Å². The van der Waals surface area contributed by atoms with Gasteiger partial charge in [-0.2, -0.15) is 0 Å². The van der Waals surface area contributed by atoms with E-state index >= 15 is 0 Å². The third-order valence-electron chi connectivity index (χ3n) is 5.63. The molecule has 0 spiro atoms. The van der Waals surface area contributed by atoms with Crippen molar-refractivity contribution in [1.82, 2.24) is 19.8 Å². The van der Waals surface area contributed by atoms with E-state index in [4.69, 9.17) is 5.11 Å². The minimum atomic E-state index is -1.02. The summed E-state index contributed by atoms with van der Waals surface area (Å²) in [5.41, 5.74) is 1.83. The van der Waals surface area contributed by atoms with Crippen molar-refractivity contribution >= 4 is 34.8 Å². The predicted molar refractivity (Wildman–Crippen MR) is 120 cm³/mol. The molecular weight excluding hydrogens is 428 g/mol. The van der Waals surface area contributed by atoms with Gasteiger partial charge in [0.1, 0.15) is 11.9 Å². The average molecular weight is 456 g/mol. The highest BCUT2D eigenvalue weighted by molar-refractivity contribution is 5.99. The first-order valence-corrected chi connectivity index (χ1v) is 10.9. The Morgan fingerprint density at radius 2 is 2.00 bits per heavy atom. The number of carboxylic acids is 2. The summed E-state index contributed by atoms with van der Waals surface area (Å²) < 4.78 is 1.99. The molecule has 1 aromatic carbocycles. The number of amides is 2. The van der Waals surface area contributed by atoms with Crippen LogP contribution in [0.1, 0.15) is 48.8 Å². The van der Waals surface area contributed by atoms with Crippen molar-refractivity contribution in [3.63, 3.8) is 0 Å². The second-order valence-corrected chi connectivity index (χ2v) is 7.90. The largest absolute Gasteiger partial charge is 0.481 e. The standard InChI is InChI=1S/C23H28N4O6/c1-2-3-12-26-17-7-6-15(22(31)27-13-4-5-18(27)23(32)33)14-16(17)25-19(26)10-11-24-20(28)8-9-21(29)30/h2-3,6-7,14,18H,4-5,8-13H2,1H3,(H,24,28)(H,29,30)(H,32,33)/b3-2+. The van der Waals surface area contributed by atoms with Gasteiger partial charge in [0.2, 0.25) is 5.91 Å². The van der Waals surface area contributed by atoms with Crippen LogP contribution >= 0.6 is 0 Å². The average Bonchev–Trinajstić information content (AvgIpc) is 3.40. The van der Waals surface area contributed by atoms with Gasteiger partial charge in [-0.1, -0.05) is 12.2 Å². The molecule has 10 nitrogen and oxygen atoms in total. The fourth-order valence-electron chi connectivity index (χ4n) is 3.97. The molecular formula is C23H28N4O6. The van der Waals surface area contributed by atoms with E-state index in [2.05, 4.69) is 10.3 Å². The molecule has 176 valence electrons. The number of carboxylic acid groups (broad SMARTS) is 2. The predicted octanol–water partition coefficient (Wildman–Crippen LogP) is 1.83. The molecule has 2 aromatic rings. The van der Waals surface area contributed by atoms with Crippen LogP contribution < -0.4 is 5.32 Å². The van der Waals surface area contributed by atoms with Gasteiger partial charge < -0.3 is 25.0 Å². The van der Waals surface area contributed by atoms with E-state index < -0.39 is 18.0 Å². The summed E-state index contributed by atoms with van der Waals surface area (Å²) >= 11 is 0. The van der Waals surface area contributed by atoms with Gasteiger partial charge in [0.25, 0.3) is 5.91 Å². The lowest BCUT2D eigenvalue weighted by Crippen LogP contribution is -2.40. The lowest BCUT2D eigenvalue weighted by Gasteiger charge is -2.21. The first-order chi connectivity index (χ1) is 15.8. The molecule has 0 radical (unpaired) electrons. The monoisotopic (exact) mass is 456 g/mol. The quantitative estimate of drug-likeness (QED) is 0.463.